The van der Waals surface area contributed by atoms with Crippen molar-refractivity contribution in [2.45, 2.75) is 31.9 Å². The van der Waals surface area contributed by atoms with Gasteiger partial charge in [0.1, 0.15) is 0 Å². The van der Waals surface area contributed by atoms with E-state index in [4.69, 9.17) is 5.50 Å². The minimum absolute atomic E-state index is 0.00957. The van der Waals surface area contributed by atoms with Crippen LogP contribution in [-0.2, 0) is 9.32 Å². The number of nitrogens with two attached hydrogens (primary N) is 1. The van der Waals surface area contributed by atoms with E-state index in [0.717, 1.165) is 0 Å². The highest BCUT2D eigenvalue weighted by molar-refractivity contribution is 7.41. The van der Waals surface area contributed by atoms with Crippen molar-refractivity contribution in [3.8, 4) is 0 Å². The highest BCUT2D eigenvalue weighted by Crippen LogP contribution is 2.15. The van der Waals surface area contributed by atoms with Gasteiger partial charge < -0.3 is 14.7 Å². The van der Waals surface area contributed by atoms with Gasteiger partial charge in [-0.15, -0.1) is 0 Å². The summed E-state index contributed by atoms with van der Waals surface area (Å²) in [6, 6.07) is 0. The molecule has 102 valence electrons. The van der Waals surface area contributed by atoms with E-state index in [-0.39, 0.29) is 13.2 Å². The molecule has 9 heteroatoms. The van der Waals surface area contributed by atoms with Crippen LogP contribution in [0.4, 0.5) is 13.2 Å². The lowest BCUT2D eigenvalue weighted by Gasteiger charge is -2.15. The number of hydrogen-bond donors (Lipinski definition) is 2. The molecule has 0 aliphatic rings. The molecule has 0 aromatic heterocycles. The Kier molecular flexibility index (Phi) is 8.41. The summed E-state index contributed by atoms with van der Waals surface area (Å²) in [6.07, 6.45) is -2.36. The van der Waals surface area contributed by atoms with Crippen LogP contribution < -0.4 is 15.7 Å². The first kappa shape index (κ1) is 16.6. The number of nitrogens with one attached hydrogen (secondary N) is 1. The van der Waals surface area contributed by atoms with Crippen LogP contribution in [0.1, 0.15) is 25.7 Å². The van der Waals surface area contributed by atoms with Crippen LogP contribution in [-0.4, -0.2) is 25.2 Å². The van der Waals surface area contributed by atoms with Gasteiger partial charge in [0.15, 0.2) is 0 Å². The predicted molar refractivity (Wildman–Crippen MR) is 54.6 cm³/mol. The fourth-order valence-electron chi connectivity index (χ4n) is 1.04. The Morgan fingerprint density at radius 2 is 1.88 bits per heavy atom. The van der Waals surface area contributed by atoms with E-state index in [9.17, 15) is 22.9 Å². The maximum absolute atomic E-state index is 11.7. The number of rotatable bonds is 8. The second-order valence-corrected chi connectivity index (χ2v) is 4.12. The molecule has 0 aliphatic heterocycles. The molecule has 0 aliphatic carbocycles. The van der Waals surface area contributed by atoms with E-state index in [0.29, 0.717) is 25.7 Å². The Morgan fingerprint density at radius 1 is 1.29 bits per heavy atom. The molecule has 1 atom stereocenters. The third kappa shape index (κ3) is 10.4. The Balaban J connectivity index is 3.27. The summed E-state index contributed by atoms with van der Waals surface area (Å²) < 4.78 is 39.8. The van der Waals surface area contributed by atoms with Crippen LogP contribution >= 0.6 is 8.53 Å². The van der Waals surface area contributed by atoms with Crippen LogP contribution in [0.15, 0.2) is 0 Å². The molecule has 0 heterocycles. The van der Waals surface area contributed by atoms with Crippen LogP contribution in [0.2, 0.25) is 0 Å². The molecule has 0 rings (SSSR count). The molecule has 0 saturated carbocycles. The molecule has 1 unspecified atom stereocenters. The second-order valence-electron chi connectivity index (χ2n) is 3.29. The van der Waals surface area contributed by atoms with Crippen LogP contribution in [0.5, 0.6) is 0 Å². The van der Waals surface area contributed by atoms with Crippen molar-refractivity contribution < 1.29 is 27.4 Å². The van der Waals surface area contributed by atoms with Crippen LogP contribution in [0, 0.1) is 0 Å². The first-order valence-corrected chi connectivity index (χ1v) is 6.28. The van der Waals surface area contributed by atoms with E-state index < -0.39 is 20.6 Å². The number of hydrogen-bond acceptors (Lipinski definition) is 4. The zero-order chi connectivity index (χ0) is 13.3. The quantitative estimate of drug-likeness (QED) is 0.506. The SMILES string of the molecule is NP([O-])OCCCCCCNC(=O)C(F)(F)F. The van der Waals surface area contributed by atoms with Gasteiger partial charge >= 0.3 is 12.1 Å². The van der Waals surface area contributed by atoms with Gasteiger partial charge in [-0.05, 0) is 12.8 Å². The number of alkyl halides is 3. The van der Waals surface area contributed by atoms with Crippen LogP contribution in [0.3, 0.4) is 0 Å². The summed E-state index contributed by atoms with van der Waals surface area (Å²) >= 11 is 0. The normalized spacial score (nSPS) is 13.5. The zero-order valence-corrected chi connectivity index (χ0v) is 10.0. The fourth-order valence-corrected chi connectivity index (χ4v) is 1.35. The van der Waals surface area contributed by atoms with Gasteiger partial charge in [-0.1, -0.05) is 12.8 Å². The molecule has 3 N–H and O–H groups in total. The van der Waals surface area contributed by atoms with E-state index >= 15 is 0 Å². The van der Waals surface area contributed by atoms with Crippen molar-refractivity contribution >= 4 is 14.4 Å². The minimum atomic E-state index is -4.82. The number of halogens is 3. The molecule has 1 amide bonds. The lowest BCUT2D eigenvalue weighted by atomic mass is 10.2. The molecule has 0 fully saturated rings. The molecular formula is C8H15F3N2O3P-. The Morgan fingerprint density at radius 3 is 2.41 bits per heavy atom. The molecular weight excluding hydrogens is 260 g/mol. The first-order chi connectivity index (χ1) is 7.84. The zero-order valence-electron chi connectivity index (χ0n) is 9.13. The largest absolute Gasteiger partial charge is 0.796 e. The standard InChI is InChI=1S/C8H15F3N2O3P/c9-8(10,11)7(14)13-5-3-1-2-4-6-16-17(12)15/h1-6,12H2,(H,13,14)/q-1. The number of amides is 1. The summed E-state index contributed by atoms with van der Waals surface area (Å²) in [5.41, 5.74) is 4.86. The monoisotopic (exact) mass is 275 g/mol. The molecule has 0 radical (unpaired) electrons. The summed E-state index contributed by atoms with van der Waals surface area (Å²) in [4.78, 5) is 20.7. The number of unbranched alkanes of at least 4 members (excludes halogenated alkanes) is 3. The van der Waals surface area contributed by atoms with Gasteiger partial charge in [-0.3, -0.25) is 10.3 Å². The van der Waals surface area contributed by atoms with Gasteiger partial charge in [-0.25, -0.2) is 0 Å². The minimum Gasteiger partial charge on any atom is -0.796 e. The number of carbonyl (C=O) groups is 1. The molecule has 0 aromatic rings. The lowest BCUT2D eigenvalue weighted by Crippen LogP contribution is -2.37. The number of carbonyl (C=O) groups excluding carboxylic acids is 1. The Hall–Kier alpha value is -0.430. The summed E-state index contributed by atoms with van der Waals surface area (Å²) in [5.74, 6) is -1.92. The van der Waals surface area contributed by atoms with E-state index in [1.54, 1.807) is 5.32 Å². The predicted octanol–water partition coefficient (Wildman–Crippen LogP) is 0.788. The highest BCUT2D eigenvalue weighted by Gasteiger charge is 2.38. The third-order valence-corrected chi connectivity index (χ3v) is 2.27. The van der Waals surface area contributed by atoms with Crippen molar-refractivity contribution in [1.29, 1.82) is 0 Å². The topological polar surface area (TPSA) is 87.4 Å². The molecule has 5 nitrogen and oxygen atoms in total. The second kappa shape index (κ2) is 8.63. The Bertz CT molecular complexity index is 227. The molecule has 0 aromatic carbocycles. The summed E-state index contributed by atoms with van der Waals surface area (Å²) in [5, 5.41) is 1.77. The van der Waals surface area contributed by atoms with Crippen molar-refractivity contribution in [2.75, 3.05) is 13.2 Å². The molecule has 0 spiro atoms. The molecule has 0 saturated heterocycles. The fraction of sp³-hybridized carbons (Fsp3) is 0.875. The van der Waals surface area contributed by atoms with Gasteiger partial charge in [0.2, 0.25) is 0 Å². The van der Waals surface area contributed by atoms with Crippen molar-refractivity contribution in [1.82, 2.24) is 5.32 Å². The maximum Gasteiger partial charge on any atom is 0.471 e. The third-order valence-electron chi connectivity index (χ3n) is 1.83. The van der Waals surface area contributed by atoms with Gasteiger partial charge in [0.05, 0.1) is 6.61 Å². The average Bonchev–Trinajstić information content (AvgIpc) is 2.19. The smallest absolute Gasteiger partial charge is 0.471 e. The average molecular weight is 275 g/mol. The van der Waals surface area contributed by atoms with Gasteiger partial charge in [0.25, 0.3) is 0 Å². The summed E-state index contributed by atoms with van der Waals surface area (Å²) in [7, 11) is -2.08. The van der Waals surface area contributed by atoms with Gasteiger partial charge in [-0.2, -0.15) is 13.2 Å². The summed E-state index contributed by atoms with van der Waals surface area (Å²) in [6.45, 7) is 0.255. The van der Waals surface area contributed by atoms with Crippen molar-refractivity contribution in [3.05, 3.63) is 0 Å². The Labute approximate surface area is 98.5 Å². The molecule has 17 heavy (non-hydrogen) atoms. The first-order valence-electron chi connectivity index (χ1n) is 5.04. The van der Waals surface area contributed by atoms with Crippen molar-refractivity contribution in [3.63, 3.8) is 0 Å². The van der Waals surface area contributed by atoms with Crippen molar-refractivity contribution in [2.24, 2.45) is 5.50 Å². The highest BCUT2D eigenvalue weighted by atomic mass is 31.2. The lowest BCUT2D eigenvalue weighted by molar-refractivity contribution is -0.180. The van der Waals surface area contributed by atoms with Gasteiger partial charge in [0, 0.05) is 15.1 Å². The molecule has 0 bridgehead atoms. The maximum atomic E-state index is 11.7. The van der Waals surface area contributed by atoms with E-state index in [1.807, 2.05) is 0 Å². The van der Waals surface area contributed by atoms with E-state index in [1.165, 1.54) is 0 Å². The van der Waals surface area contributed by atoms with Crippen LogP contribution in [0.25, 0.3) is 0 Å². The van der Waals surface area contributed by atoms with E-state index in [2.05, 4.69) is 4.52 Å².